The third-order valence-electron chi connectivity index (χ3n) is 4.21. The minimum atomic E-state index is -0.433. The number of aromatic nitrogens is 1. The summed E-state index contributed by atoms with van der Waals surface area (Å²) in [6.07, 6.45) is 4.48. The number of hydrogen-bond donors (Lipinski definition) is 2. The summed E-state index contributed by atoms with van der Waals surface area (Å²) in [5.41, 5.74) is 1.15. The van der Waals surface area contributed by atoms with Crippen LogP contribution in [-0.4, -0.2) is 23.0 Å². The Hall–Kier alpha value is -1.46. The van der Waals surface area contributed by atoms with Crippen molar-refractivity contribution < 1.29 is 4.79 Å². The lowest BCUT2D eigenvalue weighted by Crippen LogP contribution is -2.50. The molecule has 1 unspecified atom stereocenters. The number of amides is 1. The summed E-state index contributed by atoms with van der Waals surface area (Å²) >= 11 is 3.42. The van der Waals surface area contributed by atoms with Crippen LogP contribution in [0.3, 0.4) is 0 Å². The van der Waals surface area contributed by atoms with Crippen molar-refractivity contribution in [1.82, 2.24) is 10.3 Å². The third-order valence-corrected chi connectivity index (χ3v) is 4.64. The Morgan fingerprint density at radius 3 is 3.10 bits per heavy atom. The SMILES string of the molecule is CCC1(C(=O)Nc2cccc3cc(Br)cnc23)CCCN1. The Bertz CT molecular complexity index is 680. The van der Waals surface area contributed by atoms with Gasteiger partial charge in [0.25, 0.3) is 0 Å². The highest BCUT2D eigenvalue weighted by Gasteiger charge is 2.39. The van der Waals surface area contributed by atoms with Crippen molar-refractivity contribution in [2.75, 3.05) is 11.9 Å². The Kier molecular flexibility index (Phi) is 3.95. The van der Waals surface area contributed by atoms with Crippen LogP contribution in [0, 0.1) is 0 Å². The summed E-state index contributed by atoms with van der Waals surface area (Å²) in [7, 11) is 0. The van der Waals surface area contributed by atoms with Gasteiger partial charge in [-0.05, 0) is 53.9 Å². The minimum Gasteiger partial charge on any atom is -0.323 e. The summed E-state index contributed by atoms with van der Waals surface area (Å²) in [6.45, 7) is 2.96. The quantitative estimate of drug-likeness (QED) is 0.893. The second-order valence-electron chi connectivity index (χ2n) is 5.45. The molecule has 21 heavy (non-hydrogen) atoms. The van der Waals surface area contributed by atoms with Gasteiger partial charge in [0.05, 0.1) is 16.7 Å². The first kappa shape index (κ1) is 14.5. The summed E-state index contributed by atoms with van der Waals surface area (Å²) in [6, 6.07) is 7.83. The molecule has 2 N–H and O–H groups in total. The molecule has 1 aromatic heterocycles. The number of halogens is 1. The van der Waals surface area contributed by atoms with Gasteiger partial charge >= 0.3 is 0 Å². The highest BCUT2D eigenvalue weighted by molar-refractivity contribution is 9.10. The highest BCUT2D eigenvalue weighted by atomic mass is 79.9. The van der Waals surface area contributed by atoms with Crippen molar-refractivity contribution in [1.29, 1.82) is 0 Å². The second kappa shape index (κ2) is 5.73. The lowest BCUT2D eigenvalue weighted by atomic mass is 9.93. The second-order valence-corrected chi connectivity index (χ2v) is 6.37. The van der Waals surface area contributed by atoms with E-state index in [4.69, 9.17) is 0 Å². The van der Waals surface area contributed by atoms with Crippen LogP contribution >= 0.6 is 15.9 Å². The van der Waals surface area contributed by atoms with E-state index < -0.39 is 5.54 Å². The smallest absolute Gasteiger partial charge is 0.244 e. The van der Waals surface area contributed by atoms with E-state index >= 15 is 0 Å². The van der Waals surface area contributed by atoms with Crippen LogP contribution in [-0.2, 0) is 4.79 Å². The number of rotatable bonds is 3. The van der Waals surface area contributed by atoms with Crippen molar-refractivity contribution in [2.45, 2.75) is 31.7 Å². The number of carbonyl (C=O) groups is 1. The van der Waals surface area contributed by atoms with Crippen LogP contribution in [0.2, 0.25) is 0 Å². The van der Waals surface area contributed by atoms with Gasteiger partial charge in [0.1, 0.15) is 0 Å². The van der Waals surface area contributed by atoms with Gasteiger partial charge in [-0.15, -0.1) is 0 Å². The van der Waals surface area contributed by atoms with Crippen LogP contribution in [0.4, 0.5) is 5.69 Å². The molecule has 1 saturated heterocycles. The number of benzene rings is 1. The van der Waals surface area contributed by atoms with Crippen molar-refractivity contribution in [3.05, 3.63) is 34.9 Å². The maximum absolute atomic E-state index is 12.7. The van der Waals surface area contributed by atoms with E-state index in [1.165, 1.54) is 0 Å². The molecule has 1 amide bonds. The first-order valence-electron chi connectivity index (χ1n) is 7.25. The van der Waals surface area contributed by atoms with Gasteiger partial charge in [-0.3, -0.25) is 9.78 Å². The predicted octanol–water partition coefficient (Wildman–Crippen LogP) is 3.47. The Balaban J connectivity index is 1.93. The van der Waals surface area contributed by atoms with Gasteiger partial charge in [-0.1, -0.05) is 19.1 Å². The van der Waals surface area contributed by atoms with E-state index in [2.05, 4.69) is 38.5 Å². The number of carbonyl (C=O) groups excluding carboxylic acids is 1. The number of fused-ring (bicyclic) bond motifs is 1. The molecule has 0 bridgehead atoms. The van der Waals surface area contributed by atoms with E-state index in [1.807, 2.05) is 24.3 Å². The largest absolute Gasteiger partial charge is 0.323 e. The molecule has 2 heterocycles. The first-order chi connectivity index (χ1) is 10.1. The Morgan fingerprint density at radius 2 is 2.38 bits per heavy atom. The molecule has 5 heteroatoms. The first-order valence-corrected chi connectivity index (χ1v) is 8.05. The van der Waals surface area contributed by atoms with Crippen LogP contribution in [0.1, 0.15) is 26.2 Å². The lowest BCUT2D eigenvalue weighted by Gasteiger charge is -2.26. The van der Waals surface area contributed by atoms with Gasteiger partial charge in [0, 0.05) is 16.1 Å². The molecule has 4 nitrogen and oxygen atoms in total. The molecule has 2 aromatic rings. The number of nitrogens with zero attached hydrogens (tertiary/aromatic N) is 1. The zero-order valence-electron chi connectivity index (χ0n) is 11.9. The molecule has 1 aromatic carbocycles. The number of hydrogen-bond acceptors (Lipinski definition) is 3. The van der Waals surface area contributed by atoms with Gasteiger partial charge in [-0.2, -0.15) is 0 Å². The van der Waals surface area contributed by atoms with E-state index in [-0.39, 0.29) is 5.91 Å². The van der Waals surface area contributed by atoms with Crippen LogP contribution in [0.15, 0.2) is 34.9 Å². The molecule has 0 radical (unpaired) electrons. The minimum absolute atomic E-state index is 0.0414. The summed E-state index contributed by atoms with van der Waals surface area (Å²) in [4.78, 5) is 17.1. The molecule has 0 saturated carbocycles. The zero-order valence-corrected chi connectivity index (χ0v) is 13.5. The molecular formula is C16H18BrN3O. The summed E-state index contributed by atoms with van der Waals surface area (Å²) in [5.74, 6) is 0.0414. The molecule has 0 aliphatic carbocycles. The highest BCUT2D eigenvalue weighted by Crippen LogP contribution is 2.28. The lowest BCUT2D eigenvalue weighted by molar-refractivity contribution is -0.122. The topological polar surface area (TPSA) is 54.0 Å². The van der Waals surface area contributed by atoms with Crippen LogP contribution < -0.4 is 10.6 Å². The third kappa shape index (κ3) is 2.68. The zero-order chi connectivity index (χ0) is 14.9. The van der Waals surface area contributed by atoms with Crippen molar-refractivity contribution in [3.63, 3.8) is 0 Å². The van der Waals surface area contributed by atoms with Crippen molar-refractivity contribution >= 4 is 38.4 Å². The van der Waals surface area contributed by atoms with Crippen molar-refractivity contribution in [3.8, 4) is 0 Å². The number of nitrogens with one attached hydrogen (secondary N) is 2. The number of anilines is 1. The maximum atomic E-state index is 12.7. The van der Waals surface area contributed by atoms with E-state index in [0.29, 0.717) is 0 Å². The Morgan fingerprint density at radius 1 is 1.52 bits per heavy atom. The molecule has 1 fully saturated rings. The van der Waals surface area contributed by atoms with Gasteiger partial charge < -0.3 is 10.6 Å². The molecular weight excluding hydrogens is 330 g/mol. The fraction of sp³-hybridized carbons (Fsp3) is 0.375. The molecule has 3 rings (SSSR count). The summed E-state index contributed by atoms with van der Waals surface area (Å²) in [5, 5.41) is 7.42. The molecule has 1 aliphatic heterocycles. The fourth-order valence-corrected chi connectivity index (χ4v) is 3.29. The maximum Gasteiger partial charge on any atom is 0.244 e. The van der Waals surface area contributed by atoms with E-state index in [9.17, 15) is 4.79 Å². The molecule has 1 aliphatic rings. The molecule has 0 spiro atoms. The predicted molar refractivity (Wildman–Crippen MR) is 88.3 cm³/mol. The Labute approximate surface area is 132 Å². The van der Waals surface area contributed by atoms with Crippen LogP contribution in [0.5, 0.6) is 0 Å². The monoisotopic (exact) mass is 347 g/mol. The average Bonchev–Trinajstić information content (AvgIpc) is 2.97. The average molecular weight is 348 g/mol. The van der Waals surface area contributed by atoms with Gasteiger partial charge in [-0.25, -0.2) is 0 Å². The molecule has 110 valence electrons. The van der Waals surface area contributed by atoms with Gasteiger partial charge in [0.15, 0.2) is 0 Å². The molecule has 1 atom stereocenters. The number of pyridine rings is 1. The standard InChI is InChI=1S/C16H18BrN3O/c1-2-16(7-4-8-19-16)15(21)20-13-6-3-5-11-9-12(17)10-18-14(11)13/h3,5-6,9-10,19H,2,4,7-8H2,1H3,(H,20,21). The fourth-order valence-electron chi connectivity index (χ4n) is 2.94. The van der Waals surface area contributed by atoms with E-state index in [1.54, 1.807) is 6.20 Å². The van der Waals surface area contributed by atoms with Gasteiger partial charge in [0.2, 0.25) is 5.91 Å². The van der Waals surface area contributed by atoms with Crippen molar-refractivity contribution in [2.24, 2.45) is 0 Å². The normalized spacial score (nSPS) is 21.6. The van der Waals surface area contributed by atoms with Crippen LogP contribution in [0.25, 0.3) is 10.9 Å². The van der Waals surface area contributed by atoms with E-state index in [0.717, 1.165) is 46.9 Å². The summed E-state index contributed by atoms with van der Waals surface area (Å²) < 4.78 is 0.931. The number of para-hydroxylation sites is 1.